The fourth-order valence-electron chi connectivity index (χ4n) is 2.55. The van der Waals surface area contributed by atoms with Crippen LogP contribution >= 0.6 is 0 Å². The second-order valence-corrected chi connectivity index (χ2v) is 6.36. The Morgan fingerprint density at radius 3 is 2.55 bits per heavy atom. The van der Waals surface area contributed by atoms with Crippen molar-refractivity contribution < 1.29 is 14.3 Å². The van der Waals surface area contributed by atoms with Crippen molar-refractivity contribution in [1.82, 2.24) is 19.6 Å². The Balaban J connectivity index is 1.62. The number of hydrogen-bond donors (Lipinski definition) is 2. The summed E-state index contributed by atoms with van der Waals surface area (Å²) in [7, 11) is 0. The fourth-order valence-corrected chi connectivity index (χ4v) is 2.55. The lowest BCUT2D eigenvalue weighted by Gasteiger charge is -2.10. The van der Waals surface area contributed by atoms with Crippen LogP contribution in [0.25, 0.3) is 5.69 Å². The standard InChI is InChI=1S/C19H19N5O5/c1-12-3-5-14(6-4-12)24-15(9-13(2)21-24)20-17(26)11-29-19(28)10-23-18(27)8-7-16(25)22-23/h3-9H,10-11H2,1-2H3,(H,20,26)(H,22,25). The first-order valence-electron chi connectivity index (χ1n) is 8.71. The topological polar surface area (TPSA) is 128 Å². The number of benzene rings is 1. The largest absolute Gasteiger partial charge is 0.454 e. The number of nitrogens with one attached hydrogen (secondary N) is 2. The summed E-state index contributed by atoms with van der Waals surface area (Å²) in [4.78, 5) is 46.8. The lowest BCUT2D eigenvalue weighted by molar-refractivity contribution is -0.148. The van der Waals surface area contributed by atoms with Gasteiger partial charge in [0.2, 0.25) is 0 Å². The van der Waals surface area contributed by atoms with Gasteiger partial charge in [0.25, 0.3) is 17.0 Å². The first-order valence-corrected chi connectivity index (χ1v) is 8.71. The molecule has 2 N–H and O–H groups in total. The second-order valence-electron chi connectivity index (χ2n) is 6.36. The summed E-state index contributed by atoms with van der Waals surface area (Å²) in [5.74, 6) is -0.983. The van der Waals surface area contributed by atoms with Gasteiger partial charge in [-0.2, -0.15) is 5.10 Å². The molecule has 0 saturated carbocycles. The predicted molar refractivity (Wildman–Crippen MR) is 104 cm³/mol. The molecule has 0 fully saturated rings. The SMILES string of the molecule is Cc1ccc(-n2nc(C)cc2NC(=O)COC(=O)Cn2[nH]c(=O)ccc2=O)cc1. The number of esters is 1. The van der Waals surface area contributed by atoms with Crippen molar-refractivity contribution in [2.45, 2.75) is 20.4 Å². The summed E-state index contributed by atoms with van der Waals surface area (Å²) in [6.45, 7) is 2.69. The van der Waals surface area contributed by atoms with E-state index in [2.05, 4.69) is 15.5 Å². The molecule has 0 aliphatic carbocycles. The molecule has 0 atom stereocenters. The van der Waals surface area contributed by atoms with Crippen LogP contribution in [0, 0.1) is 13.8 Å². The minimum absolute atomic E-state index is 0.427. The first-order chi connectivity index (χ1) is 13.8. The first kappa shape index (κ1) is 19.8. The average Bonchev–Trinajstić information content (AvgIpc) is 3.03. The van der Waals surface area contributed by atoms with E-state index in [0.717, 1.165) is 28.1 Å². The number of carbonyl (C=O) groups is 2. The molecule has 2 heterocycles. The molecular formula is C19H19N5O5. The zero-order valence-corrected chi connectivity index (χ0v) is 15.8. The van der Waals surface area contributed by atoms with Crippen LogP contribution in [0.15, 0.2) is 52.1 Å². The van der Waals surface area contributed by atoms with E-state index in [1.54, 1.807) is 17.7 Å². The molecule has 0 spiro atoms. The number of ether oxygens (including phenoxy) is 1. The Labute approximate surface area is 164 Å². The highest BCUT2D eigenvalue weighted by atomic mass is 16.5. The number of amides is 1. The van der Waals surface area contributed by atoms with Crippen LogP contribution in [0.5, 0.6) is 0 Å². The molecule has 1 amide bonds. The summed E-state index contributed by atoms with van der Waals surface area (Å²) in [5, 5.41) is 9.20. The van der Waals surface area contributed by atoms with Crippen LogP contribution in [-0.4, -0.2) is 38.0 Å². The molecule has 0 unspecified atom stereocenters. The molecule has 10 nitrogen and oxygen atoms in total. The van der Waals surface area contributed by atoms with E-state index < -0.39 is 36.1 Å². The monoisotopic (exact) mass is 397 g/mol. The van der Waals surface area contributed by atoms with Gasteiger partial charge >= 0.3 is 5.97 Å². The Morgan fingerprint density at radius 1 is 1.10 bits per heavy atom. The number of aryl methyl sites for hydroxylation is 2. The summed E-state index contributed by atoms with van der Waals surface area (Å²) in [6, 6.07) is 11.4. The normalized spacial score (nSPS) is 10.6. The maximum atomic E-state index is 12.2. The predicted octanol–water partition coefficient (Wildman–Crippen LogP) is 0.521. The molecule has 3 rings (SSSR count). The van der Waals surface area contributed by atoms with E-state index >= 15 is 0 Å². The Hall–Kier alpha value is -3.95. The van der Waals surface area contributed by atoms with Gasteiger partial charge in [-0.05, 0) is 26.0 Å². The highest BCUT2D eigenvalue weighted by Gasteiger charge is 2.13. The highest BCUT2D eigenvalue weighted by molar-refractivity contribution is 5.92. The summed E-state index contributed by atoms with van der Waals surface area (Å²) >= 11 is 0. The molecule has 3 aromatic rings. The molecule has 1 aromatic carbocycles. The van der Waals surface area contributed by atoms with Crippen molar-refractivity contribution in [2.75, 3.05) is 11.9 Å². The van der Waals surface area contributed by atoms with Crippen LogP contribution in [0.2, 0.25) is 0 Å². The Kier molecular flexibility index (Phi) is 5.72. The maximum Gasteiger partial charge on any atom is 0.328 e. The average molecular weight is 397 g/mol. The molecular weight excluding hydrogens is 378 g/mol. The molecule has 0 aliphatic rings. The van der Waals surface area contributed by atoms with Crippen molar-refractivity contribution in [2.24, 2.45) is 0 Å². The Bertz CT molecular complexity index is 1160. The number of H-pyrrole nitrogens is 1. The molecule has 29 heavy (non-hydrogen) atoms. The van der Waals surface area contributed by atoms with E-state index in [4.69, 9.17) is 4.74 Å². The number of aromatic amines is 1. The van der Waals surface area contributed by atoms with Crippen LogP contribution < -0.4 is 16.4 Å². The zero-order chi connectivity index (χ0) is 21.0. The van der Waals surface area contributed by atoms with Gasteiger partial charge in [-0.25, -0.2) is 9.36 Å². The lowest BCUT2D eigenvalue weighted by atomic mass is 10.2. The van der Waals surface area contributed by atoms with E-state index in [0.29, 0.717) is 11.5 Å². The van der Waals surface area contributed by atoms with Gasteiger partial charge in [0.1, 0.15) is 12.4 Å². The third-order valence-corrected chi connectivity index (χ3v) is 3.92. The van der Waals surface area contributed by atoms with Gasteiger partial charge in [0.05, 0.1) is 11.4 Å². The van der Waals surface area contributed by atoms with E-state index in [-0.39, 0.29) is 0 Å². The minimum Gasteiger partial charge on any atom is -0.454 e. The minimum atomic E-state index is -0.840. The molecule has 2 aromatic heterocycles. The van der Waals surface area contributed by atoms with Crippen LogP contribution in [-0.2, 0) is 20.9 Å². The van der Waals surface area contributed by atoms with Crippen LogP contribution in [0.4, 0.5) is 5.82 Å². The quantitative estimate of drug-likeness (QED) is 0.584. The third kappa shape index (κ3) is 5.06. The maximum absolute atomic E-state index is 12.2. The molecule has 150 valence electrons. The smallest absolute Gasteiger partial charge is 0.328 e. The van der Waals surface area contributed by atoms with Crippen molar-refractivity contribution in [3.63, 3.8) is 0 Å². The van der Waals surface area contributed by atoms with Gasteiger partial charge in [-0.15, -0.1) is 0 Å². The highest BCUT2D eigenvalue weighted by Crippen LogP contribution is 2.17. The van der Waals surface area contributed by atoms with Crippen LogP contribution in [0.1, 0.15) is 11.3 Å². The summed E-state index contributed by atoms with van der Waals surface area (Å²) < 4.78 is 7.26. The van der Waals surface area contributed by atoms with Gasteiger partial charge < -0.3 is 10.1 Å². The van der Waals surface area contributed by atoms with Crippen molar-refractivity contribution in [1.29, 1.82) is 0 Å². The number of aromatic nitrogens is 4. The van der Waals surface area contributed by atoms with E-state index in [1.807, 2.05) is 31.2 Å². The van der Waals surface area contributed by atoms with Gasteiger partial charge in [0.15, 0.2) is 6.61 Å². The molecule has 0 saturated heterocycles. The second kappa shape index (κ2) is 8.38. The van der Waals surface area contributed by atoms with E-state index in [1.165, 1.54) is 0 Å². The third-order valence-electron chi connectivity index (χ3n) is 3.92. The molecule has 0 bridgehead atoms. The fraction of sp³-hybridized carbons (Fsp3) is 0.211. The molecule has 0 aliphatic heterocycles. The number of nitrogens with zero attached hydrogens (tertiary/aromatic N) is 3. The molecule has 10 heteroatoms. The van der Waals surface area contributed by atoms with Gasteiger partial charge in [-0.3, -0.25) is 24.3 Å². The number of hydrogen-bond acceptors (Lipinski definition) is 6. The number of anilines is 1. The number of carbonyl (C=O) groups excluding carboxylic acids is 2. The number of rotatable bonds is 6. The van der Waals surface area contributed by atoms with Crippen molar-refractivity contribution >= 4 is 17.7 Å². The lowest BCUT2D eigenvalue weighted by Crippen LogP contribution is -2.32. The van der Waals surface area contributed by atoms with Crippen molar-refractivity contribution in [3.8, 4) is 5.69 Å². The van der Waals surface area contributed by atoms with Crippen molar-refractivity contribution in [3.05, 3.63) is 74.4 Å². The molecule has 0 radical (unpaired) electrons. The van der Waals surface area contributed by atoms with Gasteiger partial charge in [-0.1, -0.05) is 17.7 Å². The summed E-state index contributed by atoms with van der Waals surface area (Å²) in [6.07, 6.45) is 0. The van der Waals surface area contributed by atoms with Gasteiger partial charge in [0, 0.05) is 18.2 Å². The Morgan fingerprint density at radius 2 is 1.83 bits per heavy atom. The summed E-state index contributed by atoms with van der Waals surface area (Å²) in [5.41, 5.74) is 1.46. The zero-order valence-electron chi connectivity index (χ0n) is 15.8. The van der Waals surface area contributed by atoms with E-state index in [9.17, 15) is 19.2 Å². The van der Waals surface area contributed by atoms with Crippen LogP contribution in [0.3, 0.4) is 0 Å².